The Morgan fingerprint density at radius 1 is 1.38 bits per heavy atom. The molecule has 1 atom stereocenters. The summed E-state index contributed by atoms with van der Waals surface area (Å²) in [6, 6.07) is 0.686. The third kappa shape index (κ3) is 1.89. The van der Waals surface area contributed by atoms with Gasteiger partial charge in [0.15, 0.2) is 9.84 Å². The van der Waals surface area contributed by atoms with Crippen LogP contribution in [0.5, 0.6) is 0 Å². The summed E-state index contributed by atoms with van der Waals surface area (Å²) >= 11 is 0. The van der Waals surface area contributed by atoms with Crippen molar-refractivity contribution < 1.29 is 8.42 Å². The van der Waals surface area contributed by atoms with Gasteiger partial charge in [0.05, 0.1) is 11.5 Å². The van der Waals surface area contributed by atoms with E-state index in [0.29, 0.717) is 23.0 Å². The molecule has 1 unspecified atom stereocenters. The van der Waals surface area contributed by atoms with Gasteiger partial charge in [0.1, 0.15) is 0 Å². The Bertz CT molecular complexity index is 294. The molecule has 2 rings (SSSR count). The fourth-order valence-corrected chi connectivity index (χ4v) is 3.17. The van der Waals surface area contributed by atoms with E-state index >= 15 is 0 Å². The van der Waals surface area contributed by atoms with E-state index in [1.165, 1.54) is 12.8 Å². The molecular formula is C9H17NO2S. The second-order valence-corrected chi connectivity index (χ2v) is 6.97. The SMILES string of the molecule is CC(NC1CS(=O)(=O)C1)C1(C)CC1. The highest BCUT2D eigenvalue weighted by molar-refractivity contribution is 7.92. The van der Waals surface area contributed by atoms with Crippen molar-refractivity contribution in [2.24, 2.45) is 5.41 Å². The predicted octanol–water partition coefficient (Wildman–Crippen LogP) is 0.562. The first-order valence-corrected chi connectivity index (χ1v) is 6.70. The highest BCUT2D eigenvalue weighted by Crippen LogP contribution is 2.48. The molecule has 1 saturated heterocycles. The minimum Gasteiger partial charge on any atom is -0.309 e. The summed E-state index contributed by atoms with van der Waals surface area (Å²) in [5.74, 6) is 0.681. The third-order valence-electron chi connectivity index (χ3n) is 3.48. The van der Waals surface area contributed by atoms with E-state index in [1.54, 1.807) is 0 Å². The summed E-state index contributed by atoms with van der Waals surface area (Å²) in [6.45, 7) is 4.43. The molecule has 3 nitrogen and oxygen atoms in total. The van der Waals surface area contributed by atoms with Gasteiger partial charge in [-0.3, -0.25) is 0 Å². The van der Waals surface area contributed by atoms with Gasteiger partial charge in [-0.05, 0) is 25.2 Å². The average Bonchev–Trinajstić information content (AvgIpc) is 2.65. The first kappa shape index (κ1) is 9.46. The lowest BCUT2D eigenvalue weighted by Gasteiger charge is -2.32. The molecule has 0 radical (unpaired) electrons. The number of nitrogens with one attached hydrogen (secondary N) is 1. The van der Waals surface area contributed by atoms with Crippen LogP contribution in [0.2, 0.25) is 0 Å². The fraction of sp³-hybridized carbons (Fsp3) is 1.00. The van der Waals surface area contributed by atoms with Gasteiger partial charge in [-0.2, -0.15) is 0 Å². The van der Waals surface area contributed by atoms with E-state index in [9.17, 15) is 8.42 Å². The summed E-state index contributed by atoms with van der Waals surface area (Å²) in [5, 5.41) is 3.40. The van der Waals surface area contributed by atoms with Gasteiger partial charge >= 0.3 is 0 Å². The highest BCUT2D eigenvalue weighted by atomic mass is 32.2. The molecule has 0 spiro atoms. The van der Waals surface area contributed by atoms with Gasteiger partial charge in [-0.1, -0.05) is 6.92 Å². The molecular weight excluding hydrogens is 186 g/mol. The largest absolute Gasteiger partial charge is 0.309 e. The second-order valence-electron chi connectivity index (χ2n) is 4.82. The summed E-state index contributed by atoms with van der Waals surface area (Å²) in [4.78, 5) is 0. The number of sulfone groups is 1. The molecule has 1 saturated carbocycles. The zero-order valence-electron chi connectivity index (χ0n) is 8.21. The normalized spacial score (nSPS) is 32.2. The molecule has 1 aliphatic carbocycles. The Morgan fingerprint density at radius 3 is 2.31 bits per heavy atom. The zero-order valence-corrected chi connectivity index (χ0v) is 9.02. The van der Waals surface area contributed by atoms with Crippen molar-refractivity contribution in [1.29, 1.82) is 0 Å². The van der Waals surface area contributed by atoms with Crippen LogP contribution in [0, 0.1) is 5.41 Å². The fourth-order valence-electron chi connectivity index (χ4n) is 1.85. The van der Waals surface area contributed by atoms with Crippen LogP contribution in [0.1, 0.15) is 26.7 Å². The molecule has 1 N–H and O–H groups in total. The van der Waals surface area contributed by atoms with E-state index < -0.39 is 9.84 Å². The summed E-state index contributed by atoms with van der Waals surface area (Å²) in [6.07, 6.45) is 2.56. The quantitative estimate of drug-likeness (QED) is 0.729. The minimum absolute atomic E-state index is 0.220. The number of rotatable bonds is 3. The molecule has 0 aromatic heterocycles. The predicted molar refractivity (Wildman–Crippen MR) is 52.4 cm³/mol. The zero-order chi connectivity index (χ0) is 9.69. The van der Waals surface area contributed by atoms with Gasteiger partial charge in [-0.15, -0.1) is 0 Å². The van der Waals surface area contributed by atoms with E-state index in [-0.39, 0.29) is 6.04 Å². The first-order valence-electron chi connectivity index (χ1n) is 4.88. The topological polar surface area (TPSA) is 46.2 Å². The summed E-state index contributed by atoms with van der Waals surface area (Å²) in [7, 11) is -2.66. The van der Waals surface area contributed by atoms with Crippen LogP contribution in [0.4, 0.5) is 0 Å². The smallest absolute Gasteiger partial charge is 0.153 e. The molecule has 13 heavy (non-hydrogen) atoms. The first-order chi connectivity index (χ1) is 5.91. The van der Waals surface area contributed by atoms with Gasteiger partial charge in [0, 0.05) is 12.1 Å². The van der Waals surface area contributed by atoms with Crippen LogP contribution in [-0.4, -0.2) is 32.0 Å². The molecule has 2 aliphatic rings. The van der Waals surface area contributed by atoms with Crippen LogP contribution in [0.15, 0.2) is 0 Å². The molecule has 0 aromatic rings. The Kier molecular flexibility index (Phi) is 1.97. The van der Waals surface area contributed by atoms with E-state index in [1.807, 2.05) is 0 Å². The average molecular weight is 203 g/mol. The van der Waals surface area contributed by atoms with E-state index in [2.05, 4.69) is 19.2 Å². The molecule has 76 valence electrons. The van der Waals surface area contributed by atoms with Crippen molar-refractivity contribution in [3.63, 3.8) is 0 Å². The number of hydrogen-bond donors (Lipinski definition) is 1. The van der Waals surface area contributed by atoms with E-state index in [0.717, 1.165) is 0 Å². The Hall–Kier alpha value is -0.0900. The van der Waals surface area contributed by atoms with Crippen LogP contribution < -0.4 is 5.32 Å². The lowest BCUT2D eigenvalue weighted by atomic mass is 10.0. The van der Waals surface area contributed by atoms with E-state index in [4.69, 9.17) is 0 Å². The van der Waals surface area contributed by atoms with Crippen molar-refractivity contribution in [2.75, 3.05) is 11.5 Å². The molecule has 4 heteroatoms. The van der Waals surface area contributed by atoms with Crippen LogP contribution >= 0.6 is 0 Å². The van der Waals surface area contributed by atoms with Crippen LogP contribution in [-0.2, 0) is 9.84 Å². The maximum atomic E-state index is 10.9. The van der Waals surface area contributed by atoms with Gasteiger partial charge in [-0.25, -0.2) is 8.42 Å². The molecule has 2 fully saturated rings. The molecule has 1 heterocycles. The highest BCUT2D eigenvalue weighted by Gasteiger charge is 2.45. The summed E-state index contributed by atoms with van der Waals surface area (Å²) < 4.78 is 21.8. The maximum Gasteiger partial charge on any atom is 0.153 e. The van der Waals surface area contributed by atoms with Crippen LogP contribution in [0.25, 0.3) is 0 Å². The van der Waals surface area contributed by atoms with Gasteiger partial charge in [0.25, 0.3) is 0 Å². The van der Waals surface area contributed by atoms with Crippen LogP contribution in [0.3, 0.4) is 0 Å². The van der Waals surface area contributed by atoms with Crippen molar-refractivity contribution in [2.45, 2.75) is 38.8 Å². The Morgan fingerprint density at radius 2 is 1.92 bits per heavy atom. The van der Waals surface area contributed by atoms with Gasteiger partial charge < -0.3 is 5.32 Å². The Balaban J connectivity index is 1.80. The Labute approximate surface area is 79.8 Å². The molecule has 0 aromatic carbocycles. The molecule has 0 bridgehead atoms. The monoisotopic (exact) mass is 203 g/mol. The van der Waals surface area contributed by atoms with Crippen molar-refractivity contribution >= 4 is 9.84 Å². The van der Waals surface area contributed by atoms with Crippen molar-refractivity contribution in [3.05, 3.63) is 0 Å². The molecule has 1 aliphatic heterocycles. The van der Waals surface area contributed by atoms with Crippen molar-refractivity contribution in [3.8, 4) is 0 Å². The van der Waals surface area contributed by atoms with Gasteiger partial charge in [0.2, 0.25) is 0 Å². The summed E-state index contributed by atoms with van der Waals surface area (Å²) in [5.41, 5.74) is 0.444. The number of hydrogen-bond acceptors (Lipinski definition) is 3. The molecule has 0 amide bonds. The minimum atomic E-state index is -2.66. The third-order valence-corrected chi connectivity index (χ3v) is 5.30. The standard InChI is InChI=1S/C9H17NO2S/c1-7(9(2)3-4-9)10-8-5-13(11,12)6-8/h7-8,10H,3-6H2,1-2H3. The lowest BCUT2D eigenvalue weighted by Crippen LogP contribution is -2.55. The maximum absolute atomic E-state index is 10.9. The van der Waals surface area contributed by atoms with Crippen molar-refractivity contribution in [1.82, 2.24) is 5.32 Å². The second kappa shape index (κ2) is 2.70. The lowest BCUT2D eigenvalue weighted by molar-refractivity contribution is 0.348.